The van der Waals surface area contributed by atoms with E-state index in [1.807, 2.05) is 38.1 Å². The maximum Gasteiger partial charge on any atom is 0.209 e. The number of rotatable bonds is 5. The summed E-state index contributed by atoms with van der Waals surface area (Å²) in [4.78, 5) is 16.0. The van der Waals surface area contributed by atoms with E-state index in [9.17, 15) is 4.79 Å². The number of Topliss-reactive ketones (excluding diaryl/α,β-unsaturated/α-hetero) is 1. The van der Waals surface area contributed by atoms with Gasteiger partial charge in [0.2, 0.25) is 5.16 Å². The van der Waals surface area contributed by atoms with E-state index in [2.05, 4.69) is 31.1 Å². The maximum absolute atomic E-state index is 11.6. The molecule has 0 aliphatic heterocycles. The number of ketones is 1. The molecule has 6 heteroatoms. The largest absolute Gasteiger partial charge is 0.298 e. The molecule has 0 aliphatic carbocycles. The van der Waals surface area contributed by atoms with Gasteiger partial charge in [-0.15, -0.1) is 5.10 Å². The Bertz CT molecular complexity index is 585. The number of hydrogen-bond donors (Lipinski definition) is 1. The van der Waals surface area contributed by atoms with Crippen molar-refractivity contribution in [3.63, 3.8) is 0 Å². The number of benzene rings is 1. The molecule has 0 radical (unpaired) electrons. The topological polar surface area (TPSA) is 58.6 Å². The smallest absolute Gasteiger partial charge is 0.209 e. The average molecular weight is 340 g/mol. The molecule has 1 aromatic carbocycles. The van der Waals surface area contributed by atoms with Gasteiger partial charge in [-0.2, -0.15) is 0 Å². The SMILES string of the molecule is CCC(=O)C(C)Sc1n[nH]c(-c2ccccc2Br)n1. The van der Waals surface area contributed by atoms with Gasteiger partial charge in [-0.3, -0.25) is 9.89 Å². The third-order valence-corrected chi connectivity index (χ3v) is 4.38. The fourth-order valence-electron chi connectivity index (χ4n) is 1.58. The van der Waals surface area contributed by atoms with Gasteiger partial charge >= 0.3 is 0 Å². The van der Waals surface area contributed by atoms with E-state index in [0.29, 0.717) is 17.4 Å². The van der Waals surface area contributed by atoms with Crippen molar-refractivity contribution < 1.29 is 4.79 Å². The number of nitrogens with zero attached hydrogens (tertiary/aromatic N) is 2. The predicted molar refractivity (Wildman–Crippen MR) is 80.1 cm³/mol. The molecule has 100 valence electrons. The van der Waals surface area contributed by atoms with Crippen LogP contribution in [0.15, 0.2) is 33.9 Å². The highest BCUT2D eigenvalue weighted by atomic mass is 79.9. The van der Waals surface area contributed by atoms with Gasteiger partial charge in [0.05, 0.1) is 5.25 Å². The molecule has 1 N–H and O–H groups in total. The van der Waals surface area contributed by atoms with Crippen LogP contribution in [-0.4, -0.2) is 26.2 Å². The minimum atomic E-state index is -0.118. The molecule has 1 unspecified atom stereocenters. The van der Waals surface area contributed by atoms with E-state index in [4.69, 9.17) is 0 Å². The average Bonchev–Trinajstić information content (AvgIpc) is 2.86. The summed E-state index contributed by atoms with van der Waals surface area (Å²) in [5, 5.41) is 7.53. The first-order chi connectivity index (χ1) is 9.11. The first-order valence-corrected chi connectivity index (χ1v) is 7.65. The van der Waals surface area contributed by atoms with Gasteiger partial charge in [-0.25, -0.2) is 4.98 Å². The van der Waals surface area contributed by atoms with Crippen molar-refractivity contribution in [2.45, 2.75) is 30.7 Å². The van der Waals surface area contributed by atoms with Crippen LogP contribution in [0.4, 0.5) is 0 Å². The van der Waals surface area contributed by atoms with Crippen LogP contribution in [0, 0.1) is 0 Å². The second-order valence-corrected chi connectivity index (χ2v) is 6.19. The van der Waals surface area contributed by atoms with Gasteiger partial charge in [0.1, 0.15) is 5.78 Å². The summed E-state index contributed by atoms with van der Waals surface area (Å²) in [5.74, 6) is 0.906. The van der Waals surface area contributed by atoms with Crippen molar-refractivity contribution in [3.05, 3.63) is 28.7 Å². The number of carbonyl (C=O) groups is 1. The Morgan fingerprint density at radius 2 is 2.21 bits per heavy atom. The quantitative estimate of drug-likeness (QED) is 0.844. The lowest BCUT2D eigenvalue weighted by Gasteiger charge is -2.04. The normalized spacial score (nSPS) is 12.4. The third kappa shape index (κ3) is 3.45. The molecule has 1 atom stereocenters. The molecule has 2 rings (SSSR count). The van der Waals surface area contributed by atoms with Crippen LogP contribution in [0.2, 0.25) is 0 Å². The van der Waals surface area contributed by atoms with Gasteiger partial charge < -0.3 is 0 Å². The molecule has 1 aromatic heterocycles. The highest BCUT2D eigenvalue weighted by molar-refractivity contribution is 9.10. The predicted octanol–water partition coefficient (Wildman–Crippen LogP) is 3.69. The highest BCUT2D eigenvalue weighted by Gasteiger charge is 2.16. The Kier molecular flexibility index (Phi) is 4.76. The third-order valence-electron chi connectivity index (χ3n) is 2.68. The van der Waals surface area contributed by atoms with Crippen molar-refractivity contribution >= 4 is 33.5 Å². The monoisotopic (exact) mass is 339 g/mol. The van der Waals surface area contributed by atoms with Crippen molar-refractivity contribution in [1.29, 1.82) is 0 Å². The first kappa shape index (κ1) is 14.3. The zero-order chi connectivity index (χ0) is 13.8. The summed E-state index contributed by atoms with van der Waals surface area (Å²) in [6.07, 6.45) is 0.537. The lowest BCUT2D eigenvalue weighted by atomic mass is 10.2. The standard InChI is InChI=1S/C13H14BrN3OS/c1-3-11(18)8(2)19-13-15-12(16-17-13)9-6-4-5-7-10(9)14/h4-8H,3H2,1-2H3,(H,15,16,17). The number of H-pyrrole nitrogens is 1. The summed E-state index contributed by atoms with van der Waals surface area (Å²) >= 11 is 4.86. The van der Waals surface area contributed by atoms with Crippen LogP contribution in [0.1, 0.15) is 20.3 Å². The molecule has 4 nitrogen and oxygen atoms in total. The number of carbonyl (C=O) groups excluding carboxylic acids is 1. The molecule has 0 bridgehead atoms. The highest BCUT2D eigenvalue weighted by Crippen LogP contribution is 2.27. The number of halogens is 1. The van der Waals surface area contributed by atoms with Crippen LogP contribution >= 0.6 is 27.7 Å². The first-order valence-electron chi connectivity index (χ1n) is 5.98. The van der Waals surface area contributed by atoms with E-state index < -0.39 is 0 Å². The van der Waals surface area contributed by atoms with Crippen molar-refractivity contribution in [1.82, 2.24) is 15.2 Å². The molecule has 1 heterocycles. The van der Waals surface area contributed by atoms with E-state index in [1.54, 1.807) is 0 Å². The summed E-state index contributed by atoms with van der Waals surface area (Å²) in [6, 6.07) is 7.80. The minimum absolute atomic E-state index is 0.118. The number of aromatic nitrogens is 3. The van der Waals surface area contributed by atoms with Gasteiger partial charge in [0.25, 0.3) is 0 Å². The zero-order valence-corrected chi connectivity index (χ0v) is 13.1. The van der Waals surface area contributed by atoms with Gasteiger partial charge in [0.15, 0.2) is 5.82 Å². The van der Waals surface area contributed by atoms with Gasteiger partial charge in [0, 0.05) is 16.5 Å². The second-order valence-electron chi connectivity index (χ2n) is 4.03. The Labute approximate surface area is 124 Å². The van der Waals surface area contributed by atoms with Crippen molar-refractivity contribution in [2.75, 3.05) is 0 Å². The number of hydrogen-bond acceptors (Lipinski definition) is 4. The fourth-order valence-corrected chi connectivity index (χ4v) is 2.91. The van der Waals surface area contributed by atoms with Crippen LogP contribution < -0.4 is 0 Å². The van der Waals surface area contributed by atoms with Crippen molar-refractivity contribution in [2.24, 2.45) is 0 Å². The van der Waals surface area contributed by atoms with Crippen LogP contribution in [0.25, 0.3) is 11.4 Å². The Hall–Kier alpha value is -1.14. The zero-order valence-electron chi connectivity index (χ0n) is 10.7. The summed E-state index contributed by atoms with van der Waals surface area (Å²) in [6.45, 7) is 3.74. The minimum Gasteiger partial charge on any atom is -0.298 e. The molecule has 0 amide bonds. The number of nitrogens with one attached hydrogen (secondary N) is 1. The van der Waals surface area contributed by atoms with E-state index in [1.165, 1.54) is 11.8 Å². The Morgan fingerprint density at radius 1 is 1.47 bits per heavy atom. The molecule has 2 aromatic rings. The molecule has 0 saturated carbocycles. The summed E-state index contributed by atoms with van der Waals surface area (Å²) < 4.78 is 0.959. The van der Waals surface area contributed by atoms with Crippen molar-refractivity contribution in [3.8, 4) is 11.4 Å². The Morgan fingerprint density at radius 3 is 2.89 bits per heavy atom. The maximum atomic E-state index is 11.6. The molecular weight excluding hydrogens is 326 g/mol. The lowest BCUT2D eigenvalue weighted by Crippen LogP contribution is -2.11. The lowest BCUT2D eigenvalue weighted by molar-refractivity contribution is -0.118. The Balaban J connectivity index is 2.16. The second kappa shape index (κ2) is 6.34. The molecule has 0 spiro atoms. The van der Waals surface area contributed by atoms with E-state index >= 15 is 0 Å². The molecule has 0 aliphatic rings. The molecular formula is C13H14BrN3OS. The summed E-state index contributed by atoms with van der Waals surface area (Å²) in [7, 11) is 0. The van der Waals surface area contributed by atoms with Gasteiger partial charge in [-0.05, 0) is 13.0 Å². The molecule has 19 heavy (non-hydrogen) atoms. The molecule has 0 saturated heterocycles. The van der Waals surface area contributed by atoms with Gasteiger partial charge in [-0.1, -0.05) is 52.8 Å². The van der Waals surface area contributed by atoms with E-state index in [-0.39, 0.29) is 11.0 Å². The fraction of sp³-hybridized carbons (Fsp3) is 0.308. The van der Waals surface area contributed by atoms with E-state index in [0.717, 1.165) is 10.0 Å². The van der Waals surface area contributed by atoms with Crippen LogP contribution in [0.3, 0.4) is 0 Å². The van der Waals surface area contributed by atoms with Crippen LogP contribution in [0.5, 0.6) is 0 Å². The summed E-state index contributed by atoms with van der Waals surface area (Å²) in [5.41, 5.74) is 0.955. The molecule has 0 fully saturated rings. The number of aromatic amines is 1. The van der Waals surface area contributed by atoms with Crippen LogP contribution in [-0.2, 0) is 4.79 Å². The number of thioether (sulfide) groups is 1.